The highest BCUT2D eigenvalue weighted by Crippen LogP contribution is 2.36. The molecular weight excluding hydrogens is 447 g/mol. The fraction of sp³-hybridized carbons (Fsp3) is 0.0714. The van der Waals surface area contributed by atoms with Gasteiger partial charge in [-0.2, -0.15) is 0 Å². The second-order valence-corrected chi connectivity index (χ2v) is 8.29. The van der Waals surface area contributed by atoms with Gasteiger partial charge in [-0.15, -0.1) is 0 Å². The van der Waals surface area contributed by atoms with Crippen LogP contribution in [0.25, 0.3) is 16.3 Å². The molecule has 2 aliphatic rings. The molecule has 4 aromatic carbocycles. The Balaban J connectivity index is 1.41. The van der Waals surface area contributed by atoms with Crippen molar-refractivity contribution in [3.63, 3.8) is 0 Å². The van der Waals surface area contributed by atoms with Crippen molar-refractivity contribution in [2.45, 2.75) is 6.54 Å². The van der Waals surface area contributed by atoms with Gasteiger partial charge in [0, 0.05) is 11.1 Å². The fourth-order valence-electron chi connectivity index (χ4n) is 4.41. The molecular formula is C28H19FN2O4. The summed E-state index contributed by atoms with van der Waals surface area (Å²) in [6, 6.07) is 24.4. The molecule has 0 unspecified atom stereocenters. The molecule has 0 radical (unpaired) electrons. The molecule has 172 valence electrons. The van der Waals surface area contributed by atoms with Gasteiger partial charge in [0.25, 0.3) is 11.8 Å². The number of carbonyl (C=O) groups is 2. The molecule has 0 fully saturated rings. The van der Waals surface area contributed by atoms with Crippen LogP contribution in [0.5, 0.6) is 11.5 Å². The summed E-state index contributed by atoms with van der Waals surface area (Å²) in [5, 5.41) is 5.12. The van der Waals surface area contributed by atoms with Gasteiger partial charge in [0.15, 0.2) is 11.5 Å². The molecule has 0 atom stereocenters. The Kier molecular flexibility index (Phi) is 4.95. The predicted octanol–water partition coefficient (Wildman–Crippen LogP) is 5.10. The van der Waals surface area contributed by atoms with Crippen LogP contribution in [0.1, 0.15) is 11.1 Å². The number of amides is 2. The SMILES string of the molecule is O=C1C(Nc2cccc3ccccc23)=C(c2ccc(F)cc2)C(=O)N1Cc1ccc2c(c1)OCO2. The van der Waals surface area contributed by atoms with E-state index in [0.717, 1.165) is 16.3 Å². The molecule has 0 spiro atoms. The van der Waals surface area contributed by atoms with Gasteiger partial charge in [-0.25, -0.2) is 4.39 Å². The zero-order valence-electron chi connectivity index (χ0n) is 18.5. The van der Waals surface area contributed by atoms with Crippen molar-refractivity contribution in [3.05, 3.63) is 108 Å². The lowest BCUT2D eigenvalue weighted by atomic mass is 10.0. The molecule has 2 aliphatic heterocycles. The number of benzene rings is 4. The van der Waals surface area contributed by atoms with E-state index in [1.165, 1.54) is 29.2 Å². The van der Waals surface area contributed by atoms with Gasteiger partial charge < -0.3 is 14.8 Å². The first-order valence-corrected chi connectivity index (χ1v) is 11.1. The molecule has 7 heteroatoms. The number of fused-ring (bicyclic) bond motifs is 2. The molecule has 1 N–H and O–H groups in total. The summed E-state index contributed by atoms with van der Waals surface area (Å²) in [7, 11) is 0. The minimum absolute atomic E-state index is 0.0553. The van der Waals surface area contributed by atoms with Crippen molar-refractivity contribution in [1.82, 2.24) is 4.90 Å². The fourth-order valence-corrected chi connectivity index (χ4v) is 4.41. The smallest absolute Gasteiger partial charge is 0.278 e. The Bertz CT molecular complexity index is 1520. The van der Waals surface area contributed by atoms with Crippen LogP contribution >= 0.6 is 0 Å². The van der Waals surface area contributed by atoms with E-state index < -0.39 is 17.6 Å². The zero-order chi connectivity index (χ0) is 23.9. The number of halogens is 1. The van der Waals surface area contributed by atoms with Crippen molar-refractivity contribution < 1.29 is 23.5 Å². The Morgan fingerprint density at radius 2 is 1.60 bits per heavy atom. The van der Waals surface area contributed by atoms with E-state index in [-0.39, 0.29) is 24.6 Å². The zero-order valence-corrected chi connectivity index (χ0v) is 18.5. The summed E-state index contributed by atoms with van der Waals surface area (Å²) < 4.78 is 24.4. The maximum atomic E-state index is 13.6. The highest BCUT2D eigenvalue weighted by molar-refractivity contribution is 6.36. The highest BCUT2D eigenvalue weighted by Gasteiger charge is 2.39. The molecule has 6 nitrogen and oxygen atoms in total. The predicted molar refractivity (Wildman–Crippen MR) is 129 cm³/mol. The van der Waals surface area contributed by atoms with Crippen LogP contribution in [0.4, 0.5) is 10.1 Å². The minimum atomic E-state index is -0.458. The van der Waals surface area contributed by atoms with E-state index >= 15 is 0 Å². The number of hydrogen-bond donors (Lipinski definition) is 1. The molecule has 0 bridgehead atoms. The van der Waals surface area contributed by atoms with Crippen molar-refractivity contribution in [3.8, 4) is 11.5 Å². The number of hydrogen-bond acceptors (Lipinski definition) is 5. The van der Waals surface area contributed by atoms with Gasteiger partial charge in [-0.05, 0) is 46.8 Å². The molecule has 35 heavy (non-hydrogen) atoms. The lowest BCUT2D eigenvalue weighted by Gasteiger charge is -2.16. The Morgan fingerprint density at radius 1 is 0.829 bits per heavy atom. The average Bonchev–Trinajstić information content (AvgIpc) is 3.43. The standard InChI is InChI=1S/C28H19FN2O4/c29-20-11-9-19(10-12-20)25-26(30-22-7-3-5-18-4-1-2-6-21(18)22)28(33)31(27(25)32)15-17-8-13-23-24(14-17)35-16-34-23/h1-14,30H,15-16H2. The number of nitrogens with one attached hydrogen (secondary N) is 1. The summed E-state index contributed by atoms with van der Waals surface area (Å²) in [6.07, 6.45) is 0. The third-order valence-corrected chi connectivity index (χ3v) is 6.13. The quantitative estimate of drug-likeness (QED) is 0.415. The lowest BCUT2D eigenvalue weighted by Crippen LogP contribution is -2.32. The van der Waals surface area contributed by atoms with Gasteiger partial charge in [-0.1, -0.05) is 54.6 Å². The summed E-state index contributed by atoms with van der Waals surface area (Å²) in [4.78, 5) is 28.3. The molecule has 0 saturated carbocycles. The monoisotopic (exact) mass is 466 g/mol. The van der Waals surface area contributed by atoms with E-state index in [1.54, 1.807) is 18.2 Å². The molecule has 0 saturated heterocycles. The number of carbonyl (C=O) groups excluding carboxylic acids is 2. The maximum Gasteiger partial charge on any atom is 0.278 e. The second-order valence-electron chi connectivity index (χ2n) is 8.29. The molecule has 2 heterocycles. The lowest BCUT2D eigenvalue weighted by molar-refractivity contribution is -0.137. The van der Waals surface area contributed by atoms with Crippen LogP contribution in [0.3, 0.4) is 0 Å². The van der Waals surface area contributed by atoms with Crippen LogP contribution in [-0.4, -0.2) is 23.5 Å². The Morgan fingerprint density at radius 3 is 2.46 bits per heavy atom. The van der Waals surface area contributed by atoms with Crippen LogP contribution < -0.4 is 14.8 Å². The van der Waals surface area contributed by atoms with E-state index in [4.69, 9.17) is 9.47 Å². The van der Waals surface area contributed by atoms with Crippen molar-refractivity contribution in [1.29, 1.82) is 0 Å². The summed E-state index contributed by atoms with van der Waals surface area (Å²) in [6.45, 7) is 0.190. The van der Waals surface area contributed by atoms with E-state index in [2.05, 4.69) is 5.32 Å². The third-order valence-electron chi connectivity index (χ3n) is 6.13. The van der Waals surface area contributed by atoms with E-state index in [0.29, 0.717) is 22.7 Å². The average molecular weight is 466 g/mol. The topological polar surface area (TPSA) is 67.9 Å². The number of imide groups is 1. The van der Waals surface area contributed by atoms with Crippen molar-refractivity contribution >= 4 is 33.8 Å². The Hall–Kier alpha value is -4.65. The van der Waals surface area contributed by atoms with Gasteiger partial charge in [0.05, 0.1) is 12.1 Å². The number of anilines is 1. The van der Waals surface area contributed by atoms with E-state index in [9.17, 15) is 14.0 Å². The summed E-state index contributed by atoms with van der Waals surface area (Å²) >= 11 is 0. The van der Waals surface area contributed by atoms with Crippen molar-refractivity contribution in [2.75, 3.05) is 12.1 Å². The minimum Gasteiger partial charge on any atom is -0.454 e. The van der Waals surface area contributed by atoms with Gasteiger partial charge in [0.2, 0.25) is 6.79 Å². The largest absolute Gasteiger partial charge is 0.454 e. The van der Waals surface area contributed by atoms with Crippen LogP contribution in [0.15, 0.2) is 90.6 Å². The molecule has 0 aromatic heterocycles. The first-order chi connectivity index (χ1) is 17.1. The van der Waals surface area contributed by atoms with E-state index in [1.807, 2.05) is 42.5 Å². The Labute approximate surface area is 200 Å². The first-order valence-electron chi connectivity index (χ1n) is 11.1. The summed E-state index contributed by atoms with van der Waals surface area (Å²) in [5.74, 6) is -0.146. The molecule has 4 aromatic rings. The number of nitrogens with zero attached hydrogens (tertiary/aromatic N) is 1. The third kappa shape index (κ3) is 3.67. The van der Waals surface area contributed by atoms with Crippen LogP contribution in [-0.2, 0) is 16.1 Å². The van der Waals surface area contributed by atoms with Crippen molar-refractivity contribution in [2.24, 2.45) is 0 Å². The molecule has 6 rings (SSSR count). The highest BCUT2D eigenvalue weighted by atomic mass is 19.1. The van der Waals surface area contributed by atoms with Crippen LogP contribution in [0, 0.1) is 5.82 Å². The molecule has 0 aliphatic carbocycles. The van der Waals surface area contributed by atoms with Gasteiger partial charge in [-0.3, -0.25) is 14.5 Å². The first kappa shape index (κ1) is 20.9. The maximum absolute atomic E-state index is 13.6. The second kappa shape index (κ2) is 8.29. The summed E-state index contributed by atoms with van der Waals surface area (Å²) in [5.41, 5.74) is 2.23. The van der Waals surface area contributed by atoms with Crippen LogP contribution in [0.2, 0.25) is 0 Å². The van der Waals surface area contributed by atoms with Gasteiger partial charge in [0.1, 0.15) is 11.5 Å². The molecule has 2 amide bonds. The number of ether oxygens (including phenoxy) is 2. The normalized spacial score (nSPS) is 14.8. The number of rotatable bonds is 5. The van der Waals surface area contributed by atoms with Gasteiger partial charge >= 0.3 is 0 Å².